The predicted molar refractivity (Wildman–Crippen MR) is 42.1 cm³/mol. The van der Waals surface area contributed by atoms with Crippen LogP contribution in [0.1, 0.15) is 0 Å². The second kappa shape index (κ2) is 4.39. The van der Waals surface area contributed by atoms with Crippen LogP contribution in [-0.4, -0.2) is 22.9 Å². The Morgan fingerprint density at radius 3 is 2.62 bits per heavy atom. The highest BCUT2D eigenvalue weighted by Crippen LogP contribution is 2.10. The van der Waals surface area contributed by atoms with Gasteiger partial charge in [-0.2, -0.15) is 0 Å². The van der Waals surface area contributed by atoms with Gasteiger partial charge in [-0.1, -0.05) is 8.93 Å². The molecule has 0 heterocycles. The van der Waals surface area contributed by atoms with Crippen molar-refractivity contribution in [3.05, 3.63) is 0 Å². The molecule has 0 bridgehead atoms. The van der Waals surface area contributed by atoms with Gasteiger partial charge in [0.25, 0.3) is 0 Å². The van der Waals surface area contributed by atoms with Gasteiger partial charge in [-0.05, 0) is 21.2 Å². The molecule has 0 rings (SSSR count). The molecule has 48 valence electrons. The van der Waals surface area contributed by atoms with E-state index in [0.29, 0.717) is 5.75 Å². The number of carbonyl (C=O) groups is 1. The van der Waals surface area contributed by atoms with E-state index in [1.54, 1.807) is 0 Å². The van der Waals surface area contributed by atoms with Crippen LogP contribution < -0.4 is 5.73 Å². The summed E-state index contributed by atoms with van der Waals surface area (Å²) in [6.07, 6.45) is 0. The highest BCUT2D eigenvalue weighted by Gasteiger charge is 2.08. The Bertz CT molecular complexity index is 89.4. The zero-order chi connectivity index (χ0) is 6.57. The second-order valence-corrected chi connectivity index (χ2v) is 3.64. The molecule has 0 aliphatic rings. The minimum atomic E-state index is -0.936. The van der Waals surface area contributed by atoms with Crippen molar-refractivity contribution in [3.63, 3.8) is 0 Å². The molecule has 3 N–H and O–H groups in total. The molecule has 0 aromatic heterocycles. The number of nitrogens with two attached hydrogens (primary N) is 1. The van der Waals surface area contributed by atoms with E-state index < -0.39 is 12.0 Å². The predicted octanol–water partition coefficient (Wildman–Crippen LogP) is 0.482. The first-order valence-electron chi connectivity index (χ1n) is 1.90. The molecule has 0 radical (unpaired) electrons. The van der Waals surface area contributed by atoms with Gasteiger partial charge in [-0.3, -0.25) is 4.79 Å². The van der Waals surface area contributed by atoms with Gasteiger partial charge >= 0.3 is 5.97 Å². The molecular weight excluding hydrogens is 241 g/mol. The van der Waals surface area contributed by atoms with Crippen LogP contribution in [0.15, 0.2) is 0 Å². The molecule has 0 amide bonds. The summed E-state index contributed by atoms with van der Waals surface area (Å²) in [6.45, 7) is 0. The van der Waals surface area contributed by atoms with Crippen LogP contribution in [0.5, 0.6) is 0 Å². The third-order valence-corrected chi connectivity index (χ3v) is 2.12. The first-order valence-corrected chi connectivity index (χ1v) is 5.43. The zero-order valence-corrected chi connectivity index (χ0v) is 6.98. The van der Waals surface area contributed by atoms with Crippen molar-refractivity contribution in [2.24, 2.45) is 5.73 Å². The molecule has 0 saturated heterocycles. The van der Waals surface area contributed by atoms with E-state index in [2.05, 4.69) is 0 Å². The van der Waals surface area contributed by atoms with Crippen LogP contribution >= 0.6 is 30.1 Å². The molecule has 0 aliphatic heterocycles. The number of hydrogen-bond donors (Lipinski definition) is 2. The van der Waals surface area contributed by atoms with Crippen LogP contribution in [-0.2, 0) is 4.79 Å². The first-order chi connectivity index (χ1) is 3.68. The van der Waals surface area contributed by atoms with Gasteiger partial charge in [0.1, 0.15) is 6.04 Å². The molecular formula is C3H6INO2S. The van der Waals surface area contributed by atoms with Crippen LogP contribution in [0.2, 0.25) is 0 Å². The Morgan fingerprint density at radius 1 is 2.00 bits per heavy atom. The second-order valence-electron chi connectivity index (χ2n) is 1.22. The van der Waals surface area contributed by atoms with E-state index in [1.165, 1.54) is 8.93 Å². The minimum Gasteiger partial charge on any atom is -0.480 e. The van der Waals surface area contributed by atoms with Crippen LogP contribution in [0.4, 0.5) is 0 Å². The van der Waals surface area contributed by atoms with Crippen LogP contribution in [0, 0.1) is 0 Å². The number of halogens is 1. The average Bonchev–Trinajstić information content (AvgIpc) is 1.67. The third kappa shape index (κ3) is 3.50. The van der Waals surface area contributed by atoms with E-state index in [0.717, 1.165) is 0 Å². The summed E-state index contributed by atoms with van der Waals surface area (Å²) in [4.78, 5) is 9.95. The lowest BCUT2D eigenvalue weighted by atomic mass is 10.4. The fourth-order valence-electron chi connectivity index (χ4n) is 0.139. The maximum atomic E-state index is 9.95. The Hall–Kier alpha value is 0.510. The van der Waals surface area contributed by atoms with Gasteiger partial charge in [0.2, 0.25) is 0 Å². The molecule has 0 unspecified atom stereocenters. The Labute approximate surface area is 63.6 Å². The molecule has 5 heteroatoms. The number of carboxylic acids is 1. The topological polar surface area (TPSA) is 63.3 Å². The van der Waals surface area contributed by atoms with Crippen molar-refractivity contribution in [1.29, 1.82) is 0 Å². The quantitative estimate of drug-likeness (QED) is 0.712. The number of carboxylic acid groups (broad SMARTS) is 1. The van der Waals surface area contributed by atoms with Crippen molar-refractivity contribution >= 4 is 36.1 Å². The lowest BCUT2D eigenvalue weighted by Gasteiger charge is -1.99. The maximum Gasteiger partial charge on any atom is 0.321 e. The van der Waals surface area contributed by atoms with E-state index in [9.17, 15) is 4.79 Å². The summed E-state index contributed by atoms with van der Waals surface area (Å²) in [5, 5.41) is 8.17. The SMILES string of the molecule is N[C@@H](CSI)C(=O)O. The van der Waals surface area contributed by atoms with E-state index >= 15 is 0 Å². The summed E-state index contributed by atoms with van der Waals surface area (Å²) in [6, 6.07) is -0.711. The average molecular weight is 247 g/mol. The van der Waals surface area contributed by atoms with Gasteiger partial charge in [-0.25, -0.2) is 0 Å². The van der Waals surface area contributed by atoms with E-state index in [4.69, 9.17) is 10.8 Å². The molecule has 8 heavy (non-hydrogen) atoms. The molecule has 0 aliphatic carbocycles. The number of aliphatic carboxylic acids is 1. The Kier molecular flexibility index (Phi) is 4.68. The standard InChI is InChI=1S/C3H6INO2S/c4-8-1-2(5)3(6)7/h2H,1,5H2,(H,6,7)/t2-/m0/s1. The first kappa shape index (κ1) is 8.51. The lowest BCUT2D eigenvalue weighted by Crippen LogP contribution is -2.31. The Morgan fingerprint density at radius 2 is 2.50 bits per heavy atom. The molecule has 0 aromatic rings. The van der Waals surface area contributed by atoms with Gasteiger partial charge in [-0.15, -0.1) is 0 Å². The van der Waals surface area contributed by atoms with Crippen LogP contribution in [0.3, 0.4) is 0 Å². The largest absolute Gasteiger partial charge is 0.480 e. The fraction of sp³-hybridized carbons (Fsp3) is 0.667. The van der Waals surface area contributed by atoms with Crippen molar-refractivity contribution in [2.45, 2.75) is 6.04 Å². The van der Waals surface area contributed by atoms with Gasteiger partial charge in [0.15, 0.2) is 0 Å². The molecule has 3 nitrogen and oxygen atoms in total. The zero-order valence-electron chi connectivity index (χ0n) is 4.00. The normalized spacial score (nSPS) is 13.2. The summed E-state index contributed by atoms with van der Waals surface area (Å²) >= 11 is 2.01. The fourth-order valence-corrected chi connectivity index (χ4v) is 1.58. The Balaban J connectivity index is 3.32. The minimum absolute atomic E-state index is 0.468. The molecule has 0 saturated carbocycles. The highest BCUT2D eigenvalue weighted by molar-refractivity contribution is 14.2. The maximum absolute atomic E-state index is 9.95. The molecule has 0 fully saturated rings. The highest BCUT2D eigenvalue weighted by atomic mass is 127. The number of hydrogen-bond acceptors (Lipinski definition) is 3. The summed E-state index contributed by atoms with van der Waals surface area (Å²) in [5.74, 6) is -0.468. The van der Waals surface area contributed by atoms with Gasteiger partial charge in [0.05, 0.1) is 0 Å². The molecule has 0 spiro atoms. The van der Waals surface area contributed by atoms with E-state index in [-0.39, 0.29) is 0 Å². The third-order valence-electron chi connectivity index (χ3n) is 0.560. The van der Waals surface area contributed by atoms with Gasteiger partial charge in [0, 0.05) is 5.75 Å². The number of rotatable bonds is 3. The summed E-state index contributed by atoms with van der Waals surface area (Å²) in [7, 11) is 1.40. The summed E-state index contributed by atoms with van der Waals surface area (Å²) in [5.41, 5.74) is 5.10. The van der Waals surface area contributed by atoms with Crippen molar-refractivity contribution in [3.8, 4) is 0 Å². The van der Waals surface area contributed by atoms with Crippen molar-refractivity contribution < 1.29 is 9.90 Å². The van der Waals surface area contributed by atoms with Gasteiger partial charge < -0.3 is 10.8 Å². The monoisotopic (exact) mass is 247 g/mol. The van der Waals surface area contributed by atoms with Crippen LogP contribution in [0.25, 0.3) is 0 Å². The summed E-state index contributed by atoms with van der Waals surface area (Å²) < 4.78 is 0. The smallest absolute Gasteiger partial charge is 0.321 e. The lowest BCUT2D eigenvalue weighted by molar-refractivity contribution is -0.137. The molecule has 1 atom stereocenters. The molecule has 0 aromatic carbocycles. The van der Waals surface area contributed by atoms with Crippen molar-refractivity contribution in [1.82, 2.24) is 0 Å². The van der Waals surface area contributed by atoms with Crippen molar-refractivity contribution in [2.75, 3.05) is 5.75 Å². The van der Waals surface area contributed by atoms with E-state index in [1.807, 2.05) is 21.2 Å².